The maximum Gasteiger partial charge on any atom is 0.211 e. The third kappa shape index (κ3) is 5.17. The van der Waals surface area contributed by atoms with Crippen LogP contribution in [0, 0.1) is 11.7 Å². The Bertz CT molecular complexity index is 774. The first-order chi connectivity index (χ1) is 13.1. The summed E-state index contributed by atoms with van der Waals surface area (Å²) in [6.07, 6.45) is 0. The maximum atomic E-state index is 13.9. The normalized spacial score (nSPS) is 22.3. The average Bonchev–Trinajstić information content (AvgIpc) is 2.63. The molecule has 0 amide bonds. The summed E-state index contributed by atoms with van der Waals surface area (Å²) in [6.45, 7) is 9.64. The van der Waals surface area contributed by atoms with Crippen molar-refractivity contribution in [1.82, 2.24) is 4.72 Å². The fraction of sp³-hybridized carbons (Fsp3) is 0.600. The van der Waals surface area contributed by atoms with Crippen molar-refractivity contribution in [2.24, 2.45) is 15.9 Å². The molecule has 156 valence electrons. The topological polar surface area (TPSA) is 72.3 Å². The lowest BCUT2D eigenvalue weighted by Crippen LogP contribution is -2.46. The van der Waals surface area contributed by atoms with Crippen molar-refractivity contribution in [3.05, 3.63) is 35.6 Å². The van der Waals surface area contributed by atoms with E-state index in [9.17, 15) is 8.60 Å². The van der Waals surface area contributed by atoms with Gasteiger partial charge in [0.25, 0.3) is 0 Å². The highest BCUT2D eigenvalue weighted by atomic mass is 32.2. The van der Waals surface area contributed by atoms with Gasteiger partial charge in [-0.05, 0) is 44.4 Å². The van der Waals surface area contributed by atoms with Crippen LogP contribution in [0.5, 0.6) is 0 Å². The third-order valence-corrected chi connectivity index (χ3v) is 5.98. The Hall–Kier alpha value is -1.80. The van der Waals surface area contributed by atoms with E-state index < -0.39 is 27.8 Å². The summed E-state index contributed by atoms with van der Waals surface area (Å²) < 4.78 is 40.4. The molecule has 0 saturated carbocycles. The van der Waals surface area contributed by atoms with E-state index in [0.717, 1.165) is 0 Å². The first kappa shape index (κ1) is 22.5. The van der Waals surface area contributed by atoms with Gasteiger partial charge in [-0.15, -0.1) is 0 Å². The van der Waals surface area contributed by atoms with Crippen LogP contribution < -0.4 is 4.72 Å². The smallest absolute Gasteiger partial charge is 0.211 e. The third-order valence-electron chi connectivity index (χ3n) is 4.40. The summed E-state index contributed by atoms with van der Waals surface area (Å²) in [4.78, 5) is 9.39. The summed E-state index contributed by atoms with van der Waals surface area (Å²) in [5.74, 6) is 0.653. The molecule has 1 aromatic carbocycles. The molecule has 0 saturated heterocycles. The highest BCUT2D eigenvalue weighted by Gasteiger charge is 2.38. The molecule has 0 aliphatic carbocycles. The second-order valence-electron chi connectivity index (χ2n) is 8.01. The van der Waals surface area contributed by atoms with E-state index in [0.29, 0.717) is 17.4 Å². The van der Waals surface area contributed by atoms with E-state index in [2.05, 4.69) is 9.71 Å². The number of methoxy groups -OCH3 is 2. The largest absolute Gasteiger partial charge is 0.483 e. The minimum atomic E-state index is -1.42. The SMILES string of the molecule is COC1=N[C@H](C(C)C)C(OC)=N[C@H]1[C@H](N[S@@](=O)C(C)(C)C)c1cccc(F)c1. The molecule has 1 aliphatic rings. The number of nitrogens with zero attached hydrogens (tertiary/aromatic N) is 2. The zero-order chi connectivity index (χ0) is 21.1. The lowest BCUT2D eigenvalue weighted by Gasteiger charge is -2.33. The Kier molecular flexibility index (Phi) is 7.33. The molecule has 0 spiro atoms. The number of ether oxygens (including phenoxy) is 2. The fourth-order valence-electron chi connectivity index (χ4n) is 2.84. The van der Waals surface area contributed by atoms with Gasteiger partial charge in [0.1, 0.15) is 17.9 Å². The van der Waals surface area contributed by atoms with E-state index in [1.165, 1.54) is 19.2 Å². The number of hydrogen-bond acceptors (Lipinski definition) is 5. The Morgan fingerprint density at radius 1 is 1.11 bits per heavy atom. The van der Waals surface area contributed by atoms with Gasteiger partial charge in [-0.25, -0.2) is 23.3 Å². The molecular formula is C20H30FN3O3S. The molecular weight excluding hydrogens is 381 g/mol. The van der Waals surface area contributed by atoms with Gasteiger partial charge < -0.3 is 9.47 Å². The van der Waals surface area contributed by atoms with E-state index >= 15 is 0 Å². The first-order valence-electron chi connectivity index (χ1n) is 9.25. The summed E-state index contributed by atoms with van der Waals surface area (Å²) in [6, 6.07) is 4.65. The standard InChI is InChI=1S/C20H30FN3O3S/c1-12(2)15-18(26-6)23-17(19(22-15)27-7)16(24-28(25)20(3,4)5)13-9-8-10-14(21)11-13/h8-12,15-17,24H,1-7H3/t15-,16-,17+,28+/m1/s1. The van der Waals surface area contributed by atoms with Crippen molar-refractivity contribution in [1.29, 1.82) is 0 Å². The molecule has 8 heteroatoms. The van der Waals surface area contributed by atoms with Crippen LogP contribution in [0.25, 0.3) is 0 Å². The van der Waals surface area contributed by atoms with Gasteiger partial charge in [0, 0.05) is 0 Å². The summed E-state index contributed by atoms with van der Waals surface area (Å²) in [5, 5.41) is 0. The highest BCUT2D eigenvalue weighted by molar-refractivity contribution is 7.84. The minimum Gasteiger partial charge on any atom is -0.483 e. The molecule has 0 aromatic heterocycles. The van der Waals surface area contributed by atoms with Gasteiger partial charge in [0.05, 0.1) is 36.0 Å². The molecule has 0 bridgehead atoms. The average molecular weight is 412 g/mol. The van der Waals surface area contributed by atoms with Gasteiger partial charge >= 0.3 is 0 Å². The van der Waals surface area contributed by atoms with Crippen LogP contribution >= 0.6 is 0 Å². The van der Waals surface area contributed by atoms with Gasteiger partial charge in [0.15, 0.2) is 0 Å². The molecule has 0 unspecified atom stereocenters. The summed E-state index contributed by atoms with van der Waals surface area (Å²) >= 11 is 0. The Morgan fingerprint density at radius 3 is 2.18 bits per heavy atom. The quantitative estimate of drug-likeness (QED) is 0.807. The number of halogens is 1. The Balaban J connectivity index is 2.53. The van der Waals surface area contributed by atoms with Crippen molar-refractivity contribution in [2.75, 3.05) is 14.2 Å². The number of benzene rings is 1. The number of nitrogens with one attached hydrogen (secondary N) is 1. The number of hydrogen-bond donors (Lipinski definition) is 1. The van der Waals surface area contributed by atoms with E-state index in [-0.39, 0.29) is 17.8 Å². The predicted molar refractivity (Wildman–Crippen MR) is 111 cm³/mol. The van der Waals surface area contributed by atoms with E-state index in [1.807, 2.05) is 34.6 Å². The van der Waals surface area contributed by atoms with Crippen LogP contribution in [-0.4, -0.2) is 47.1 Å². The molecule has 1 aliphatic heterocycles. The number of aliphatic imine (C=N–C) groups is 2. The monoisotopic (exact) mass is 411 g/mol. The van der Waals surface area contributed by atoms with Gasteiger partial charge in [0.2, 0.25) is 11.8 Å². The van der Waals surface area contributed by atoms with E-state index in [1.54, 1.807) is 19.2 Å². The molecule has 0 radical (unpaired) electrons. The van der Waals surface area contributed by atoms with Crippen LogP contribution in [0.2, 0.25) is 0 Å². The van der Waals surface area contributed by atoms with Gasteiger partial charge in [-0.3, -0.25) is 0 Å². The Morgan fingerprint density at radius 2 is 1.68 bits per heavy atom. The van der Waals surface area contributed by atoms with Crippen molar-refractivity contribution >= 4 is 22.8 Å². The van der Waals surface area contributed by atoms with Crippen LogP contribution in [0.3, 0.4) is 0 Å². The molecule has 1 heterocycles. The Labute approximate surface area is 169 Å². The lowest BCUT2D eigenvalue weighted by molar-refractivity contribution is 0.324. The molecule has 0 fully saturated rings. The molecule has 4 atom stereocenters. The van der Waals surface area contributed by atoms with Crippen molar-refractivity contribution in [3.63, 3.8) is 0 Å². The fourth-order valence-corrected chi connectivity index (χ4v) is 3.69. The molecule has 1 aromatic rings. The molecule has 1 N–H and O–H groups in total. The second kappa shape index (κ2) is 9.13. The van der Waals surface area contributed by atoms with Gasteiger partial charge in [-0.2, -0.15) is 0 Å². The highest BCUT2D eigenvalue weighted by Crippen LogP contribution is 2.28. The molecule has 28 heavy (non-hydrogen) atoms. The zero-order valence-electron chi connectivity index (χ0n) is 17.5. The van der Waals surface area contributed by atoms with Crippen molar-refractivity contribution in [3.8, 4) is 0 Å². The van der Waals surface area contributed by atoms with E-state index in [4.69, 9.17) is 14.5 Å². The first-order valence-corrected chi connectivity index (χ1v) is 10.4. The summed E-state index contributed by atoms with van der Waals surface area (Å²) in [5.41, 5.74) is 0.606. The molecule has 2 rings (SSSR count). The predicted octanol–water partition coefficient (Wildman–Crippen LogP) is 3.42. The number of rotatable bonds is 5. The van der Waals surface area contributed by atoms with Crippen LogP contribution in [-0.2, 0) is 20.5 Å². The van der Waals surface area contributed by atoms with Crippen LogP contribution in [0.15, 0.2) is 34.3 Å². The maximum absolute atomic E-state index is 13.9. The zero-order valence-corrected chi connectivity index (χ0v) is 18.3. The summed E-state index contributed by atoms with van der Waals surface area (Å²) in [7, 11) is 1.66. The van der Waals surface area contributed by atoms with Crippen LogP contribution in [0.1, 0.15) is 46.2 Å². The van der Waals surface area contributed by atoms with Crippen LogP contribution in [0.4, 0.5) is 4.39 Å². The minimum absolute atomic E-state index is 0.161. The molecule has 6 nitrogen and oxygen atoms in total. The van der Waals surface area contributed by atoms with Gasteiger partial charge in [-0.1, -0.05) is 26.0 Å². The lowest BCUT2D eigenvalue weighted by atomic mass is 9.97. The van der Waals surface area contributed by atoms with Crippen molar-refractivity contribution in [2.45, 2.75) is 57.5 Å². The van der Waals surface area contributed by atoms with Crippen molar-refractivity contribution < 1.29 is 18.1 Å². The second-order valence-corrected chi connectivity index (χ2v) is 10.0.